The van der Waals surface area contributed by atoms with Gasteiger partial charge in [-0.25, -0.2) is 4.39 Å². The molecule has 5 nitrogen and oxygen atoms in total. The molecule has 4 rings (SSSR count). The van der Waals surface area contributed by atoms with E-state index >= 15 is 0 Å². The Hall–Kier alpha value is -2.44. The van der Waals surface area contributed by atoms with E-state index in [1.165, 1.54) is 23.3 Å². The van der Waals surface area contributed by atoms with Gasteiger partial charge in [-0.1, -0.05) is 36.4 Å². The largest absolute Gasteiger partial charge is 0.379 e. The Bertz CT molecular complexity index is 833. The van der Waals surface area contributed by atoms with Gasteiger partial charge < -0.3 is 15.4 Å². The van der Waals surface area contributed by atoms with Crippen molar-refractivity contribution >= 4 is 5.96 Å². The summed E-state index contributed by atoms with van der Waals surface area (Å²) >= 11 is 0. The molecule has 6 heteroatoms. The van der Waals surface area contributed by atoms with Crippen LogP contribution in [0.25, 0.3) is 0 Å². The minimum absolute atomic E-state index is 0.141. The molecule has 2 aromatic carbocycles. The highest BCUT2D eigenvalue weighted by Crippen LogP contribution is 2.33. The van der Waals surface area contributed by atoms with E-state index in [4.69, 9.17) is 4.74 Å². The Labute approximate surface area is 172 Å². The summed E-state index contributed by atoms with van der Waals surface area (Å²) in [5, 5.41) is 6.94. The molecule has 0 saturated carbocycles. The number of guanidine groups is 1. The van der Waals surface area contributed by atoms with Crippen molar-refractivity contribution in [3.05, 3.63) is 71.0 Å². The molecule has 2 N–H and O–H groups in total. The Morgan fingerprint density at radius 3 is 2.62 bits per heavy atom. The molecular formula is C23H29FN4O. The van der Waals surface area contributed by atoms with Crippen LogP contribution in [-0.4, -0.2) is 57.3 Å². The lowest BCUT2D eigenvalue weighted by Crippen LogP contribution is -2.47. The Morgan fingerprint density at radius 2 is 1.90 bits per heavy atom. The van der Waals surface area contributed by atoms with Crippen LogP contribution in [0.1, 0.15) is 28.7 Å². The zero-order valence-electron chi connectivity index (χ0n) is 16.9. The van der Waals surface area contributed by atoms with Crippen molar-refractivity contribution in [3.63, 3.8) is 0 Å². The topological polar surface area (TPSA) is 48.9 Å². The maximum Gasteiger partial charge on any atom is 0.191 e. The van der Waals surface area contributed by atoms with E-state index in [2.05, 4.69) is 44.8 Å². The van der Waals surface area contributed by atoms with Gasteiger partial charge in [-0.05, 0) is 35.2 Å². The number of fused-ring (bicyclic) bond motifs is 1. The minimum atomic E-state index is -0.208. The monoisotopic (exact) mass is 396 g/mol. The lowest BCUT2D eigenvalue weighted by molar-refractivity contribution is 0.0170. The number of hydrogen-bond acceptors (Lipinski definition) is 3. The van der Waals surface area contributed by atoms with Gasteiger partial charge in [-0.3, -0.25) is 9.89 Å². The van der Waals surface area contributed by atoms with Crippen LogP contribution in [0.5, 0.6) is 0 Å². The van der Waals surface area contributed by atoms with E-state index in [0.29, 0.717) is 12.5 Å². The molecule has 1 aliphatic carbocycles. The summed E-state index contributed by atoms with van der Waals surface area (Å²) in [5.74, 6) is 1.13. The van der Waals surface area contributed by atoms with Crippen molar-refractivity contribution in [1.29, 1.82) is 0 Å². The predicted octanol–water partition coefficient (Wildman–Crippen LogP) is 2.70. The highest BCUT2D eigenvalue weighted by atomic mass is 19.1. The van der Waals surface area contributed by atoms with Gasteiger partial charge in [0.1, 0.15) is 5.82 Å². The lowest BCUT2D eigenvalue weighted by Gasteiger charge is -2.35. The molecule has 0 aromatic heterocycles. The molecule has 2 aliphatic rings. The molecule has 2 atom stereocenters. The smallest absolute Gasteiger partial charge is 0.191 e. The van der Waals surface area contributed by atoms with Crippen molar-refractivity contribution in [3.8, 4) is 0 Å². The molecule has 0 amide bonds. The van der Waals surface area contributed by atoms with E-state index in [1.54, 1.807) is 7.05 Å². The zero-order valence-corrected chi connectivity index (χ0v) is 16.9. The first-order valence-electron chi connectivity index (χ1n) is 10.3. The predicted molar refractivity (Wildman–Crippen MR) is 114 cm³/mol. The van der Waals surface area contributed by atoms with Crippen molar-refractivity contribution in [2.45, 2.75) is 18.4 Å². The van der Waals surface area contributed by atoms with Gasteiger partial charge in [0.05, 0.1) is 19.3 Å². The molecule has 1 aliphatic heterocycles. The number of aliphatic imine (C=N–C) groups is 1. The summed E-state index contributed by atoms with van der Waals surface area (Å²) in [4.78, 5) is 6.78. The quantitative estimate of drug-likeness (QED) is 0.582. The summed E-state index contributed by atoms with van der Waals surface area (Å²) in [6, 6.07) is 15.6. The third-order valence-corrected chi connectivity index (χ3v) is 5.90. The number of nitrogens with one attached hydrogen (secondary N) is 2. The van der Waals surface area contributed by atoms with Crippen LogP contribution in [0.3, 0.4) is 0 Å². The first kappa shape index (κ1) is 19.9. The zero-order chi connectivity index (χ0) is 20.1. The van der Waals surface area contributed by atoms with Crippen LogP contribution in [0.15, 0.2) is 53.5 Å². The van der Waals surface area contributed by atoms with Crippen LogP contribution in [0.2, 0.25) is 0 Å². The summed E-state index contributed by atoms with van der Waals surface area (Å²) < 4.78 is 18.9. The molecule has 1 heterocycles. The summed E-state index contributed by atoms with van der Waals surface area (Å²) in [5.41, 5.74) is 3.99. The number of ether oxygens (including phenoxy) is 1. The summed E-state index contributed by atoms with van der Waals surface area (Å²) in [7, 11) is 1.80. The second kappa shape index (κ2) is 9.37. The lowest BCUT2D eigenvalue weighted by atomic mass is 9.78. The number of rotatable bonds is 6. The van der Waals surface area contributed by atoms with Crippen molar-refractivity contribution in [2.24, 2.45) is 4.99 Å². The SMILES string of the molecule is CN=C(NCC1Cc2ccccc21)NCC(c1ccc(F)cc1)N1CCOCC1. The standard InChI is InChI=1S/C23H29FN4O/c1-25-23(26-15-19-14-18-4-2-3-5-21(18)19)27-16-22(28-10-12-29-13-11-28)17-6-8-20(24)9-7-17/h2-9,19,22H,10-16H2,1H3,(H2,25,26,27). The molecule has 0 spiro atoms. The maximum atomic E-state index is 13.4. The maximum absolute atomic E-state index is 13.4. The van der Waals surface area contributed by atoms with Crippen molar-refractivity contribution in [2.75, 3.05) is 46.4 Å². The first-order valence-corrected chi connectivity index (χ1v) is 10.3. The van der Waals surface area contributed by atoms with E-state index in [0.717, 1.165) is 50.8 Å². The van der Waals surface area contributed by atoms with Gasteiger partial charge in [-0.15, -0.1) is 0 Å². The Balaban J connectivity index is 1.36. The summed E-state index contributed by atoms with van der Waals surface area (Å²) in [6.07, 6.45) is 1.12. The molecule has 0 radical (unpaired) electrons. The highest BCUT2D eigenvalue weighted by molar-refractivity contribution is 5.79. The van der Waals surface area contributed by atoms with Gasteiger partial charge in [0.2, 0.25) is 0 Å². The van der Waals surface area contributed by atoms with E-state index in [9.17, 15) is 4.39 Å². The van der Waals surface area contributed by atoms with Crippen LogP contribution in [0.4, 0.5) is 4.39 Å². The van der Waals surface area contributed by atoms with Crippen molar-refractivity contribution in [1.82, 2.24) is 15.5 Å². The number of nitrogens with zero attached hydrogens (tertiary/aromatic N) is 2. The molecule has 154 valence electrons. The highest BCUT2D eigenvalue weighted by Gasteiger charge is 2.26. The van der Waals surface area contributed by atoms with Crippen LogP contribution in [0, 0.1) is 5.82 Å². The fraction of sp³-hybridized carbons (Fsp3) is 0.435. The van der Waals surface area contributed by atoms with E-state index in [1.807, 2.05) is 12.1 Å². The molecule has 2 aromatic rings. The van der Waals surface area contributed by atoms with Crippen LogP contribution >= 0.6 is 0 Å². The molecule has 29 heavy (non-hydrogen) atoms. The molecule has 0 bridgehead atoms. The number of morpholine rings is 1. The van der Waals surface area contributed by atoms with Gasteiger partial charge in [0.15, 0.2) is 5.96 Å². The van der Waals surface area contributed by atoms with Gasteiger partial charge >= 0.3 is 0 Å². The van der Waals surface area contributed by atoms with Crippen molar-refractivity contribution < 1.29 is 9.13 Å². The van der Waals surface area contributed by atoms with E-state index in [-0.39, 0.29) is 11.9 Å². The normalized spacial score (nSPS) is 20.5. The van der Waals surface area contributed by atoms with Gasteiger partial charge in [0, 0.05) is 39.1 Å². The third kappa shape index (κ3) is 4.77. The average Bonchev–Trinajstić information content (AvgIpc) is 2.75. The fourth-order valence-electron chi connectivity index (χ4n) is 4.21. The summed E-state index contributed by atoms with van der Waals surface area (Å²) in [6.45, 7) is 4.77. The molecule has 1 fully saturated rings. The van der Waals surface area contributed by atoms with Crippen LogP contribution < -0.4 is 10.6 Å². The number of hydrogen-bond donors (Lipinski definition) is 2. The molecular weight excluding hydrogens is 367 g/mol. The Kier molecular flexibility index (Phi) is 6.42. The van der Waals surface area contributed by atoms with Gasteiger partial charge in [0.25, 0.3) is 0 Å². The minimum Gasteiger partial charge on any atom is -0.379 e. The average molecular weight is 397 g/mol. The molecule has 2 unspecified atom stereocenters. The third-order valence-electron chi connectivity index (χ3n) is 5.90. The van der Waals surface area contributed by atoms with Gasteiger partial charge in [-0.2, -0.15) is 0 Å². The first-order chi connectivity index (χ1) is 14.2. The van der Waals surface area contributed by atoms with Crippen LogP contribution in [-0.2, 0) is 11.2 Å². The number of benzene rings is 2. The second-order valence-electron chi connectivity index (χ2n) is 7.65. The molecule has 1 saturated heterocycles. The Morgan fingerprint density at radius 1 is 1.14 bits per heavy atom. The fourth-order valence-corrected chi connectivity index (χ4v) is 4.21. The number of halogens is 1. The second-order valence-corrected chi connectivity index (χ2v) is 7.65. The van der Waals surface area contributed by atoms with E-state index < -0.39 is 0 Å².